The standard InChI is InChI=1S/3C11H17BrN3O4.3BrH/c3*1-7(2)15-5-10(13(16)17)3-8(15)9(12)11(4-10,6-15)14(18)19;;;/h3*7-9H,3-6H2,1-2H3;3*1H/q3*+1;;;/p-3. The number of alkyl halides is 3. The van der Waals surface area contributed by atoms with Gasteiger partial charge in [0, 0.05) is 29.5 Å². The van der Waals surface area contributed by atoms with E-state index in [2.05, 4.69) is 47.8 Å². The van der Waals surface area contributed by atoms with Gasteiger partial charge < -0.3 is 64.4 Å². The lowest BCUT2D eigenvalue weighted by Gasteiger charge is -2.41. The van der Waals surface area contributed by atoms with Gasteiger partial charge in [-0.2, -0.15) is 0 Å². The van der Waals surface area contributed by atoms with E-state index in [-0.39, 0.29) is 150 Å². The second kappa shape index (κ2) is 15.7. The maximum Gasteiger partial charge on any atom is 0.294 e. The van der Waals surface area contributed by atoms with Crippen LogP contribution in [0.1, 0.15) is 80.1 Å². The lowest BCUT2D eigenvalue weighted by molar-refractivity contribution is -0.963. The van der Waals surface area contributed by atoms with Crippen molar-refractivity contribution in [3.05, 3.63) is 60.7 Å². The van der Waals surface area contributed by atoms with Crippen LogP contribution in [0.15, 0.2) is 0 Å². The Morgan fingerprint density at radius 3 is 0.750 bits per heavy atom. The van der Waals surface area contributed by atoms with E-state index >= 15 is 0 Å². The van der Waals surface area contributed by atoms with Gasteiger partial charge in [0.2, 0.25) is 0 Å². The Balaban J connectivity index is 0.000000194. The normalized spacial score (nSPS) is 48.4. The molecule has 0 aromatic rings. The molecule has 0 amide bonds. The Hall–Kier alpha value is -0.840. The smallest absolute Gasteiger partial charge is 0.294 e. The first kappa shape index (κ1) is 51.8. The lowest BCUT2D eigenvalue weighted by atomic mass is 9.73. The number of nitrogens with zero attached hydrogens (tertiary/aromatic N) is 9. The average Bonchev–Trinajstić information content (AvgIpc) is 3.79. The van der Waals surface area contributed by atoms with Crippen LogP contribution in [0.25, 0.3) is 0 Å². The van der Waals surface area contributed by atoms with Crippen LogP contribution in [0.2, 0.25) is 0 Å². The molecule has 0 N–H and O–H groups in total. The summed E-state index contributed by atoms with van der Waals surface area (Å²) in [4.78, 5) is 66.9. The molecule has 12 aliphatic rings. The van der Waals surface area contributed by atoms with Gasteiger partial charge >= 0.3 is 0 Å². The van der Waals surface area contributed by atoms with E-state index in [0.29, 0.717) is 72.0 Å². The molecule has 9 saturated heterocycles. The largest absolute Gasteiger partial charge is 1.00 e. The van der Waals surface area contributed by atoms with Crippen molar-refractivity contribution in [3.8, 4) is 0 Å². The molecule has 0 spiro atoms. The molecule has 21 nitrogen and oxygen atoms in total. The highest BCUT2D eigenvalue weighted by molar-refractivity contribution is 9.10. The van der Waals surface area contributed by atoms with E-state index in [1.54, 1.807) is 0 Å². The minimum Gasteiger partial charge on any atom is -1.00 e. The Morgan fingerprint density at radius 1 is 0.417 bits per heavy atom. The molecule has 3 aliphatic carbocycles. The molecule has 0 aromatic heterocycles. The van der Waals surface area contributed by atoms with Gasteiger partial charge in [-0.1, -0.05) is 47.8 Å². The number of hydrogen-bond donors (Lipinski definition) is 0. The number of piperidine rings is 3. The fourth-order valence-electron chi connectivity index (χ4n) is 14.4. The van der Waals surface area contributed by atoms with Gasteiger partial charge in [0.1, 0.15) is 51.9 Å². The molecule has 12 fully saturated rings. The van der Waals surface area contributed by atoms with E-state index in [9.17, 15) is 60.7 Å². The van der Waals surface area contributed by atoms with Crippen LogP contribution in [-0.2, 0) is 0 Å². The monoisotopic (exact) mass is 1240 g/mol. The van der Waals surface area contributed by atoms with Crippen LogP contribution in [0.5, 0.6) is 0 Å². The summed E-state index contributed by atoms with van der Waals surface area (Å²) in [5.74, 6) is 0. The molecule has 0 radical (unpaired) electrons. The fraction of sp³-hybridized carbons (Fsp3) is 1.00. The SMILES string of the molecule is CC(C)[N+]12CC3([N+](=O)[O-])CC1C(Br)C([N+](=O)[O-])(C3)C2.CC(C)[N+]12CC3([N+](=O)[O-])CC1C(Br)C([N+](=O)[O-])(C3)C2.CC(C)[N+]12CC3([N+](=O)[O-])CC1C(Br)C([N+](=O)[O-])(C3)C2.[Br-].[Br-].[Br-]. The molecule has 15 unspecified atom stereocenters. The highest BCUT2D eigenvalue weighted by Crippen LogP contribution is 2.63. The number of rotatable bonds is 9. The summed E-state index contributed by atoms with van der Waals surface area (Å²) in [5.41, 5.74) is -6.78. The van der Waals surface area contributed by atoms with Gasteiger partial charge in [-0.3, -0.25) is 60.7 Å². The molecule has 3 saturated carbocycles. The Bertz CT molecular complexity index is 1680. The van der Waals surface area contributed by atoms with Gasteiger partial charge in [-0.05, 0) is 41.5 Å². The summed E-state index contributed by atoms with van der Waals surface area (Å²) in [7, 11) is 0. The maximum atomic E-state index is 11.6. The molecule has 9 heterocycles. The fourth-order valence-corrected chi connectivity index (χ4v) is 17.8. The molecule has 12 bridgehead atoms. The summed E-state index contributed by atoms with van der Waals surface area (Å²) < 4.78 is 1.58. The van der Waals surface area contributed by atoms with Crippen molar-refractivity contribution >= 4 is 47.8 Å². The third-order valence-corrected chi connectivity index (χ3v) is 21.4. The van der Waals surface area contributed by atoms with E-state index in [4.69, 9.17) is 0 Å². The first-order valence-electron chi connectivity index (χ1n) is 19.5. The number of halogens is 6. The van der Waals surface area contributed by atoms with Crippen molar-refractivity contribution in [2.75, 3.05) is 39.3 Å². The molecule has 15 atom stereocenters. The molecule has 9 aliphatic heterocycles. The third kappa shape index (κ3) is 6.23. The van der Waals surface area contributed by atoms with Crippen molar-refractivity contribution < 1.29 is 93.9 Å². The van der Waals surface area contributed by atoms with Crippen molar-refractivity contribution in [2.45, 2.75) is 164 Å². The predicted octanol–water partition coefficient (Wildman–Crippen LogP) is -5.40. The quantitative estimate of drug-likeness (QED) is 0.0908. The zero-order chi connectivity index (χ0) is 42.6. The number of nitro groups is 6. The summed E-state index contributed by atoms with van der Waals surface area (Å²) in [5, 5.41) is 69.2. The summed E-state index contributed by atoms with van der Waals surface area (Å²) in [6.07, 6.45) is 1.59. The van der Waals surface area contributed by atoms with E-state index < -0.39 is 33.2 Å². The molecule has 27 heteroatoms. The second-order valence-corrected chi connectivity index (χ2v) is 23.1. The van der Waals surface area contributed by atoms with E-state index in [1.807, 2.05) is 41.5 Å². The summed E-state index contributed by atoms with van der Waals surface area (Å²) in [6.45, 7) is 14.7. The molecular formula is C33H51Br6N9O12. The van der Waals surface area contributed by atoms with Crippen LogP contribution >= 0.6 is 47.8 Å². The molecule has 12 rings (SSSR count). The Morgan fingerprint density at radius 2 is 0.617 bits per heavy atom. The van der Waals surface area contributed by atoms with Crippen LogP contribution in [0.4, 0.5) is 0 Å². The van der Waals surface area contributed by atoms with E-state index in [1.165, 1.54) is 0 Å². The number of hydrogen-bond acceptors (Lipinski definition) is 12. The van der Waals surface area contributed by atoms with Gasteiger partial charge in [0.25, 0.3) is 33.2 Å². The van der Waals surface area contributed by atoms with Crippen LogP contribution in [0.3, 0.4) is 0 Å². The topological polar surface area (TPSA) is 259 Å². The highest BCUT2D eigenvalue weighted by Gasteiger charge is 2.88. The lowest BCUT2D eigenvalue weighted by Crippen LogP contribution is -3.00. The average molecular weight is 1250 g/mol. The Kier molecular flexibility index (Phi) is 13.5. The Labute approximate surface area is 402 Å². The van der Waals surface area contributed by atoms with Crippen molar-refractivity contribution in [1.29, 1.82) is 0 Å². The van der Waals surface area contributed by atoms with E-state index in [0.717, 1.165) is 0 Å². The van der Waals surface area contributed by atoms with Crippen LogP contribution < -0.4 is 50.9 Å². The minimum absolute atomic E-state index is 0. The molecule has 0 aromatic carbocycles. The van der Waals surface area contributed by atoms with Gasteiger partial charge in [0.15, 0.2) is 39.3 Å². The van der Waals surface area contributed by atoms with Crippen molar-refractivity contribution in [1.82, 2.24) is 0 Å². The van der Waals surface area contributed by atoms with Crippen molar-refractivity contribution in [3.63, 3.8) is 0 Å². The van der Waals surface area contributed by atoms with Crippen LogP contribution in [-0.4, -0.2) is 166 Å². The van der Waals surface area contributed by atoms with Crippen LogP contribution in [0, 0.1) is 60.7 Å². The highest BCUT2D eigenvalue weighted by atomic mass is 79.9. The molecule has 342 valence electrons. The second-order valence-electron chi connectivity index (χ2n) is 20.1. The zero-order valence-electron chi connectivity index (χ0n) is 33.9. The summed E-state index contributed by atoms with van der Waals surface area (Å²) >= 11 is 10.5. The third-order valence-electron chi connectivity index (χ3n) is 17.0. The van der Waals surface area contributed by atoms with Gasteiger partial charge in [-0.15, -0.1) is 0 Å². The molecular weight excluding hydrogens is 1190 g/mol. The molecule has 60 heavy (non-hydrogen) atoms. The first-order chi connectivity index (χ1) is 26.1. The minimum atomic E-state index is -1.17. The van der Waals surface area contributed by atoms with Gasteiger partial charge in [-0.25, -0.2) is 0 Å². The van der Waals surface area contributed by atoms with Crippen molar-refractivity contribution in [2.24, 2.45) is 0 Å². The number of quaternary nitrogens is 3. The van der Waals surface area contributed by atoms with Gasteiger partial charge in [0.05, 0.1) is 37.4 Å². The zero-order valence-corrected chi connectivity index (χ0v) is 43.4. The maximum absolute atomic E-state index is 11.6. The first-order valence-corrected chi connectivity index (χ1v) is 22.2. The predicted molar refractivity (Wildman–Crippen MR) is 211 cm³/mol. The summed E-state index contributed by atoms with van der Waals surface area (Å²) in [6, 6.07) is 0.496.